The van der Waals surface area contributed by atoms with Crippen LogP contribution in [-0.2, 0) is 18.7 Å². The van der Waals surface area contributed by atoms with Gasteiger partial charge in [-0.3, -0.25) is 4.79 Å². The highest BCUT2D eigenvalue weighted by Gasteiger charge is 2.11. The highest BCUT2D eigenvalue weighted by atomic mass is 32.2. The lowest BCUT2D eigenvalue weighted by Gasteiger charge is -2.14. The van der Waals surface area contributed by atoms with Gasteiger partial charge >= 0.3 is 5.69 Å². The van der Waals surface area contributed by atoms with Gasteiger partial charge in [-0.2, -0.15) is 4.98 Å². The van der Waals surface area contributed by atoms with E-state index in [1.807, 2.05) is 6.20 Å². The van der Waals surface area contributed by atoms with Crippen LogP contribution in [0.5, 0.6) is 0 Å². The molecule has 0 aliphatic heterocycles. The smallest absolute Gasteiger partial charge is 0.327 e. The molecule has 0 fully saturated rings. The number of rotatable bonds is 15. The van der Waals surface area contributed by atoms with Gasteiger partial charge in [-0.05, 0) is 29.7 Å². The fraction of sp³-hybridized carbons (Fsp3) is 0.481. The molecule has 0 aliphatic rings. The number of nitrogens with zero attached hydrogens (tertiary/aromatic N) is 3. The highest BCUT2D eigenvalue weighted by Crippen LogP contribution is 2.22. The zero-order valence-corrected chi connectivity index (χ0v) is 21.3. The van der Waals surface area contributed by atoms with E-state index in [-0.39, 0.29) is 11.4 Å². The molecule has 35 heavy (non-hydrogen) atoms. The summed E-state index contributed by atoms with van der Waals surface area (Å²) in [6.45, 7) is 3.02. The molecule has 0 radical (unpaired) electrons. The zero-order valence-electron chi connectivity index (χ0n) is 20.5. The van der Waals surface area contributed by atoms with Crippen molar-refractivity contribution in [1.29, 1.82) is 0 Å². The summed E-state index contributed by atoms with van der Waals surface area (Å²) >= 11 is 1.49. The van der Waals surface area contributed by atoms with Crippen LogP contribution in [0.3, 0.4) is 0 Å². The van der Waals surface area contributed by atoms with E-state index in [4.69, 9.17) is 0 Å². The van der Waals surface area contributed by atoms with E-state index >= 15 is 0 Å². The number of thioether (sulfide) groups is 1. The van der Waals surface area contributed by atoms with Crippen LogP contribution in [0, 0.1) is 5.82 Å². The second-order valence-corrected chi connectivity index (χ2v) is 9.84. The Hall–Kier alpha value is -2.74. The second-order valence-electron chi connectivity index (χ2n) is 8.89. The summed E-state index contributed by atoms with van der Waals surface area (Å²) in [6.07, 6.45) is 16.5. The minimum atomic E-state index is -0.415. The average Bonchev–Trinajstić information content (AvgIpc) is 2.86. The fourth-order valence-corrected chi connectivity index (χ4v) is 4.87. The zero-order chi connectivity index (χ0) is 24.9. The van der Waals surface area contributed by atoms with Gasteiger partial charge in [-0.15, -0.1) is 0 Å². The Morgan fingerprint density at radius 2 is 1.63 bits per heavy atom. The normalized spacial score (nSPS) is 11.1. The van der Waals surface area contributed by atoms with Crippen molar-refractivity contribution in [2.24, 2.45) is 0 Å². The van der Waals surface area contributed by atoms with E-state index in [1.54, 1.807) is 18.3 Å². The Kier molecular flexibility index (Phi) is 11.2. The molecule has 0 amide bonds. The molecule has 3 aromatic rings. The molecule has 8 heteroatoms. The van der Waals surface area contributed by atoms with Crippen LogP contribution in [0.25, 0.3) is 0 Å². The first-order chi connectivity index (χ1) is 17.0. The first-order valence-electron chi connectivity index (χ1n) is 12.6. The third-order valence-electron chi connectivity index (χ3n) is 5.94. The Balaban J connectivity index is 1.64. The van der Waals surface area contributed by atoms with Gasteiger partial charge in [-0.1, -0.05) is 82.2 Å². The summed E-state index contributed by atoms with van der Waals surface area (Å²) in [4.78, 5) is 34.7. The molecule has 0 bridgehead atoms. The van der Waals surface area contributed by atoms with Gasteiger partial charge < -0.3 is 9.55 Å². The number of halogens is 1. The number of hydrogen-bond acceptors (Lipinski definition) is 5. The third-order valence-corrected chi connectivity index (χ3v) is 7.00. The van der Waals surface area contributed by atoms with Gasteiger partial charge in [0.2, 0.25) is 0 Å². The van der Waals surface area contributed by atoms with Crippen molar-refractivity contribution in [3.8, 4) is 0 Å². The van der Waals surface area contributed by atoms with Crippen LogP contribution < -0.4 is 11.2 Å². The van der Waals surface area contributed by atoms with Gasteiger partial charge in [0.15, 0.2) is 5.16 Å². The number of aryl methyl sites for hydroxylation is 1. The van der Waals surface area contributed by atoms with Gasteiger partial charge in [0.25, 0.3) is 5.56 Å². The van der Waals surface area contributed by atoms with Crippen LogP contribution in [0.4, 0.5) is 4.39 Å². The summed E-state index contributed by atoms with van der Waals surface area (Å²) in [5.41, 5.74) is 1.61. The van der Waals surface area contributed by atoms with Crippen molar-refractivity contribution < 1.29 is 4.39 Å². The van der Waals surface area contributed by atoms with Gasteiger partial charge in [0, 0.05) is 42.9 Å². The number of unbranched alkanes of at least 4 members (excludes halogenated alkanes) is 8. The lowest BCUT2D eigenvalue weighted by Crippen LogP contribution is -2.20. The van der Waals surface area contributed by atoms with Crippen molar-refractivity contribution in [2.45, 2.75) is 88.6 Å². The van der Waals surface area contributed by atoms with Gasteiger partial charge in [0.05, 0.1) is 0 Å². The summed E-state index contributed by atoms with van der Waals surface area (Å²) in [7, 11) is 0. The van der Waals surface area contributed by atoms with Crippen LogP contribution in [-0.4, -0.2) is 19.5 Å². The maximum Gasteiger partial charge on any atom is 0.344 e. The average molecular weight is 499 g/mol. The number of aromatic amines is 1. The van der Waals surface area contributed by atoms with Crippen molar-refractivity contribution in [3.63, 3.8) is 0 Å². The topological polar surface area (TPSA) is 80.6 Å². The second kappa shape index (κ2) is 14.6. The van der Waals surface area contributed by atoms with Crippen LogP contribution in [0.2, 0.25) is 0 Å². The Morgan fingerprint density at radius 1 is 0.943 bits per heavy atom. The fourth-order valence-electron chi connectivity index (χ4n) is 3.93. The highest BCUT2D eigenvalue weighted by molar-refractivity contribution is 7.98. The lowest BCUT2D eigenvalue weighted by molar-refractivity contribution is 0.513. The molecule has 0 aliphatic carbocycles. The molecule has 1 N–H and O–H groups in total. The van der Waals surface area contributed by atoms with Crippen molar-refractivity contribution in [2.75, 3.05) is 0 Å². The van der Waals surface area contributed by atoms with E-state index in [0.29, 0.717) is 22.9 Å². The first kappa shape index (κ1) is 26.9. The summed E-state index contributed by atoms with van der Waals surface area (Å²) in [5, 5.41) is 0.669. The Bertz CT molecular complexity index is 1140. The molecule has 3 rings (SSSR count). The molecule has 2 aromatic heterocycles. The molecule has 0 unspecified atom stereocenters. The third kappa shape index (κ3) is 9.43. The molecule has 0 saturated heterocycles. The maximum atomic E-state index is 13.2. The minimum absolute atomic E-state index is 0.264. The predicted octanol–water partition coefficient (Wildman–Crippen LogP) is 5.88. The van der Waals surface area contributed by atoms with Crippen LogP contribution >= 0.6 is 11.8 Å². The minimum Gasteiger partial charge on any atom is -0.327 e. The summed E-state index contributed by atoms with van der Waals surface area (Å²) in [5.74, 6) is 0.341. The number of aromatic nitrogens is 4. The molecular formula is C27H35FN4O2S. The largest absolute Gasteiger partial charge is 0.344 e. The molecule has 0 saturated carbocycles. The molecular weight excluding hydrogens is 463 g/mol. The van der Waals surface area contributed by atoms with Crippen molar-refractivity contribution in [1.82, 2.24) is 19.5 Å². The number of hydrogen-bond donors (Lipinski definition) is 1. The van der Waals surface area contributed by atoms with E-state index in [9.17, 15) is 14.0 Å². The Labute approximate surface area is 210 Å². The van der Waals surface area contributed by atoms with Gasteiger partial charge in [-0.25, -0.2) is 14.2 Å². The molecule has 188 valence electrons. The van der Waals surface area contributed by atoms with E-state index in [1.165, 1.54) is 75.0 Å². The number of nitrogens with one attached hydrogen (secondary N) is 1. The van der Waals surface area contributed by atoms with Crippen LogP contribution in [0.15, 0.2) is 57.6 Å². The predicted molar refractivity (Wildman–Crippen MR) is 139 cm³/mol. The molecule has 0 atom stereocenters. The molecule has 6 nitrogen and oxygen atoms in total. The quantitative estimate of drug-likeness (QED) is 0.161. The first-order valence-corrected chi connectivity index (χ1v) is 13.5. The van der Waals surface area contributed by atoms with E-state index in [2.05, 4.69) is 26.4 Å². The molecule has 2 heterocycles. The van der Waals surface area contributed by atoms with Crippen molar-refractivity contribution >= 4 is 11.8 Å². The molecule has 1 aromatic carbocycles. The monoisotopic (exact) mass is 498 g/mol. The van der Waals surface area contributed by atoms with E-state index < -0.39 is 5.69 Å². The maximum absolute atomic E-state index is 13.2. The number of benzene rings is 1. The Morgan fingerprint density at radius 3 is 2.29 bits per heavy atom. The SMILES string of the molecule is CCCCCCCCCCCn1cc(Cc2cnc(=O)[nH]c2)c(=O)nc1SCc1ccc(F)cc1. The van der Waals surface area contributed by atoms with Crippen LogP contribution in [0.1, 0.15) is 81.4 Å². The molecule has 0 spiro atoms. The standard InChI is InChI=1S/C27H35FN4O2S/c1-2-3-4-5-6-7-8-9-10-15-32-19-23(16-22-17-29-26(34)30-18-22)25(33)31-27(32)35-20-21-11-13-24(28)14-12-21/h11-14,17-19H,2-10,15-16,20H2,1H3,(H,29,30,34). The van der Waals surface area contributed by atoms with Crippen molar-refractivity contribution in [3.05, 3.63) is 86.2 Å². The number of H-pyrrole nitrogens is 1. The summed E-state index contributed by atoms with van der Waals surface area (Å²) in [6, 6.07) is 6.39. The van der Waals surface area contributed by atoms with Gasteiger partial charge in [0.1, 0.15) is 5.82 Å². The summed E-state index contributed by atoms with van der Waals surface area (Å²) < 4.78 is 15.3. The van der Waals surface area contributed by atoms with E-state index in [0.717, 1.165) is 30.5 Å². The lowest BCUT2D eigenvalue weighted by atomic mass is 10.1.